The molecule has 0 unspecified atom stereocenters. The summed E-state index contributed by atoms with van der Waals surface area (Å²) < 4.78 is 5.74. The Morgan fingerprint density at radius 3 is 2.35 bits per heavy atom. The number of hydrogen-bond acceptors (Lipinski definition) is 2. The van der Waals surface area contributed by atoms with E-state index >= 15 is 0 Å². The highest BCUT2D eigenvalue weighted by Gasteiger charge is 2.19. The van der Waals surface area contributed by atoms with Crippen molar-refractivity contribution in [1.82, 2.24) is 5.32 Å². The SMILES string of the molecule is CC(C)c1ccc(/C=C/C(=O)NC(C)(C)COCc2ccccc2)cc1. The van der Waals surface area contributed by atoms with Gasteiger partial charge in [-0.1, -0.05) is 68.4 Å². The Morgan fingerprint density at radius 2 is 1.73 bits per heavy atom. The van der Waals surface area contributed by atoms with Crippen molar-refractivity contribution in [2.45, 2.75) is 45.8 Å². The highest BCUT2D eigenvalue weighted by molar-refractivity contribution is 5.92. The molecule has 0 bridgehead atoms. The highest BCUT2D eigenvalue weighted by atomic mass is 16.5. The van der Waals surface area contributed by atoms with Crippen molar-refractivity contribution in [2.24, 2.45) is 0 Å². The molecule has 0 aliphatic carbocycles. The molecule has 138 valence electrons. The monoisotopic (exact) mass is 351 g/mol. The van der Waals surface area contributed by atoms with Gasteiger partial charge >= 0.3 is 0 Å². The molecular weight excluding hydrogens is 322 g/mol. The van der Waals surface area contributed by atoms with Gasteiger partial charge in [-0.05, 0) is 42.5 Å². The van der Waals surface area contributed by atoms with E-state index < -0.39 is 5.54 Å². The Kier molecular flexibility index (Phi) is 7.16. The minimum Gasteiger partial charge on any atom is -0.374 e. The summed E-state index contributed by atoms with van der Waals surface area (Å²) in [6, 6.07) is 18.3. The average Bonchev–Trinajstić information content (AvgIpc) is 2.60. The summed E-state index contributed by atoms with van der Waals surface area (Å²) >= 11 is 0. The van der Waals surface area contributed by atoms with Gasteiger partial charge in [0, 0.05) is 6.08 Å². The molecule has 2 rings (SSSR count). The van der Waals surface area contributed by atoms with Crippen molar-refractivity contribution in [3.05, 3.63) is 77.4 Å². The first-order valence-electron chi connectivity index (χ1n) is 9.07. The summed E-state index contributed by atoms with van der Waals surface area (Å²) in [6.45, 7) is 9.24. The lowest BCUT2D eigenvalue weighted by Crippen LogP contribution is -2.46. The quantitative estimate of drug-likeness (QED) is 0.685. The van der Waals surface area contributed by atoms with E-state index in [1.807, 2.05) is 62.4 Å². The molecule has 2 aromatic rings. The van der Waals surface area contributed by atoms with Gasteiger partial charge in [0.05, 0.1) is 18.8 Å². The highest BCUT2D eigenvalue weighted by Crippen LogP contribution is 2.15. The van der Waals surface area contributed by atoms with Crippen LogP contribution < -0.4 is 5.32 Å². The van der Waals surface area contributed by atoms with Crippen molar-refractivity contribution in [1.29, 1.82) is 0 Å². The van der Waals surface area contributed by atoms with Crippen molar-refractivity contribution in [2.75, 3.05) is 6.61 Å². The molecule has 2 aromatic carbocycles. The predicted octanol–water partition coefficient (Wildman–Crippen LogP) is 4.93. The molecule has 0 saturated heterocycles. The molecule has 0 fully saturated rings. The molecule has 0 aliphatic heterocycles. The number of carbonyl (C=O) groups excluding carboxylic acids is 1. The maximum absolute atomic E-state index is 12.2. The number of amides is 1. The first-order chi connectivity index (χ1) is 12.4. The van der Waals surface area contributed by atoms with Gasteiger partial charge in [0.25, 0.3) is 0 Å². The van der Waals surface area contributed by atoms with Crippen molar-refractivity contribution in [3.63, 3.8) is 0 Å². The lowest BCUT2D eigenvalue weighted by molar-refractivity contribution is -0.118. The molecule has 0 atom stereocenters. The summed E-state index contributed by atoms with van der Waals surface area (Å²) in [5.74, 6) is 0.388. The number of hydrogen-bond donors (Lipinski definition) is 1. The van der Waals surface area contributed by atoms with Crippen LogP contribution in [0.3, 0.4) is 0 Å². The lowest BCUT2D eigenvalue weighted by atomic mass is 10.0. The van der Waals surface area contributed by atoms with Gasteiger partial charge in [-0.3, -0.25) is 4.79 Å². The Bertz CT molecular complexity index is 716. The van der Waals surface area contributed by atoms with E-state index in [4.69, 9.17) is 4.74 Å². The molecule has 0 spiro atoms. The van der Waals surface area contributed by atoms with Crippen LogP contribution in [0.5, 0.6) is 0 Å². The maximum atomic E-state index is 12.2. The first kappa shape index (κ1) is 19.9. The van der Waals surface area contributed by atoms with Crippen LogP contribution in [0.2, 0.25) is 0 Å². The zero-order valence-electron chi connectivity index (χ0n) is 16.2. The minimum atomic E-state index is -0.433. The van der Waals surface area contributed by atoms with E-state index in [9.17, 15) is 4.79 Å². The van der Waals surface area contributed by atoms with Crippen LogP contribution in [-0.4, -0.2) is 18.1 Å². The van der Waals surface area contributed by atoms with E-state index in [1.54, 1.807) is 6.08 Å². The van der Waals surface area contributed by atoms with Gasteiger partial charge in [0.2, 0.25) is 5.91 Å². The molecule has 0 radical (unpaired) electrons. The summed E-state index contributed by atoms with van der Waals surface area (Å²) in [7, 11) is 0. The third kappa shape index (κ3) is 6.85. The van der Waals surface area contributed by atoms with E-state index in [2.05, 4.69) is 31.3 Å². The number of nitrogens with one attached hydrogen (secondary N) is 1. The fourth-order valence-corrected chi connectivity index (χ4v) is 2.57. The molecule has 0 aliphatic rings. The van der Waals surface area contributed by atoms with Gasteiger partial charge in [-0.25, -0.2) is 0 Å². The van der Waals surface area contributed by atoms with Crippen LogP contribution in [0.4, 0.5) is 0 Å². The summed E-state index contributed by atoms with van der Waals surface area (Å²) in [4.78, 5) is 12.2. The second-order valence-corrected chi connectivity index (χ2v) is 7.51. The number of ether oxygens (including phenoxy) is 1. The zero-order chi connectivity index (χ0) is 19.0. The van der Waals surface area contributed by atoms with E-state index in [0.29, 0.717) is 19.1 Å². The molecule has 3 nitrogen and oxygen atoms in total. The molecule has 0 aromatic heterocycles. The third-order valence-corrected chi connectivity index (χ3v) is 4.07. The Hall–Kier alpha value is -2.39. The van der Waals surface area contributed by atoms with Crippen LogP contribution in [0, 0.1) is 0 Å². The molecule has 0 heterocycles. The standard InChI is InChI=1S/C23H29NO2/c1-18(2)21-13-10-19(11-14-21)12-15-22(25)24-23(3,4)17-26-16-20-8-6-5-7-9-20/h5-15,18H,16-17H2,1-4H3,(H,24,25)/b15-12+. The van der Waals surface area contributed by atoms with Crippen molar-refractivity contribution < 1.29 is 9.53 Å². The normalized spacial score (nSPS) is 11.9. The van der Waals surface area contributed by atoms with Crippen LogP contribution >= 0.6 is 0 Å². The number of rotatable bonds is 8. The zero-order valence-corrected chi connectivity index (χ0v) is 16.2. The molecule has 3 heteroatoms. The van der Waals surface area contributed by atoms with Crippen molar-refractivity contribution >= 4 is 12.0 Å². The molecule has 0 saturated carbocycles. The van der Waals surface area contributed by atoms with Crippen LogP contribution in [0.25, 0.3) is 6.08 Å². The topological polar surface area (TPSA) is 38.3 Å². The average molecular weight is 351 g/mol. The molecular formula is C23H29NO2. The van der Waals surface area contributed by atoms with Gasteiger partial charge in [-0.2, -0.15) is 0 Å². The van der Waals surface area contributed by atoms with Crippen LogP contribution in [-0.2, 0) is 16.1 Å². The van der Waals surface area contributed by atoms with Gasteiger partial charge < -0.3 is 10.1 Å². The van der Waals surface area contributed by atoms with Crippen molar-refractivity contribution in [3.8, 4) is 0 Å². The minimum absolute atomic E-state index is 0.119. The Morgan fingerprint density at radius 1 is 1.08 bits per heavy atom. The van der Waals surface area contributed by atoms with Crippen LogP contribution in [0.15, 0.2) is 60.7 Å². The Balaban J connectivity index is 1.81. The number of benzene rings is 2. The summed E-state index contributed by atoms with van der Waals surface area (Å²) in [5, 5.41) is 2.99. The predicted molar refractivity (Wildman–Crippen MR) is 108 cm³/mol. The summed E-state index contributed by atoms with van der Waals surface area (Å²) in [6.07, 6.45) is 3.41. The molecule has 1 N–H and O–H groups in total. The van der Waals surface area contributed by atoms with E-state index in [1.165, 1.54) is 5.56 Å². The second-order valence-electron chi connectivity index (χ2n) is 7.51. The van der Waals surface area contributed by atoms with E-state index in [0.717, 1.165) is 11.1 Å². The first-order valence-corrected chi connectivity index (χ1v) is 9.07. The smallest absolute Gasteiger partial charge is 0.244 e. The molecule has 1 amide bonds. The van der Waals surface area contributed by atoms with Crippen LogP contribution in [0.1, 0.15) is 50.3 Å². The lowest BCUT2D eigenvalue weighted by Gasteiger charge is -2.25. The maximum Gasteiger partial charge on any atom is 0.244 e. The van der Waals surface area contributed by atoms with Gasteiger partial charge in [0.15, 0.2) is 0 Å². The number of carbonyl (C=O) groups is 1. The summed E-state index contributed by atoms with van der Waals surface area (Å²) in [5.41, 5.74) is 3.00. The Labute approximate surface area is 157 Å². The fraction of sp³-hybridized carbons (Fsp3) is 0.348. The van der Waals surface area contributed by atoms with Gasteiger partial charge in [-0.15, -0.1) is 0 Å². The molecule has 26 heavy (non-hydrogen) atoms. The largest absolute Gasteiger partial charge is 0.374 e. The van der Waals surface area contributed by atoms with Gasteiger partial charge in [0.1, 0.15) is 0 Å². The second kappa shape index (κ2) is 9.35. The van der Waals surface area contributed by atoms with E-state index in [-0.39, 0.29) is 5.91 Å². The fourth-order valence-electron chi connectivity index (χ4n) is 2.57. The third-order valence-electron chi connectivity index (χ3n) is 4.07.